The number of hydrogen-bond donors (Lipinski definition) is 2. The van der Waals surface area contributed by atoms with Crippen LogP contribution in [0.4, 0.5) is 15.8 Å². The van der Waals surface area contributed by atoms with E-state index in [0.29, 0.717) is 11.8 Å². The number of rotatable bonds is 5. The highest BCUT2D eigenvalue weighted by Crippen LogP contribution is 2.23. The first-order valence-electron chi connectivity index (χ1n) is 5.43. The van der Waals surface area contributed by atoms with Crippen LogP contribution >= 0.6 is 11.8 Å². The zero-order valence-electron chi connectivity index (χ0n) is 10.6. The molecule has 0 heterocycles. The summed E-state index contributed by atoms with van der Waals surface area (Å²) >= 11 is 1.67. The second-order valence-corrected chi connectivity index (χ2v) is 5.11. The fourth-order valence-electron chi connectivity index (χ4n) is 1.35. The lowest BCUT2D eigenvalue weighted by Crippen LogP contribution is -2.15. The standard InChI is InChI=1S/C12H17FN2O2S/c1-7(18-3)6-15-11-4-8(12(16)17-2)10(14)5-9(11)13/h4-5,7,15H,6,14H2,1-3H3. The van der Waals surface area contributed by atoms with Crippen LogP contribution in [0.5, 0.6) is 0 Å². The largest absolute Gasteiger partial charge is 0.465 e. The highest BCUT2D eigenvalue weighted by molar-refractivity contribution is 7.99. The average molecular weight is 272 g/mol. The van der Waals surface area contributed by atoms with Gasteiger partial charge in [-0.1, -0.05) is 6.92 Å². The number of anilines is 2. The SMILES string of the molecule is COC(=O)c1cc(NCC(C)SC)c(F)cc1N. The molecular weight excluding hydrogens is 255 g/mol. The number of esters is 1. The summed E-state index contributed by atoms with van der Waals surface area (Å²) in [5.41, 5.74) is 6.07. The normalized spacial score (nSPS) is 12.0. The van der Waals surface area contributed by atoms with Crippen molar-refractivity contribution in [3.8, 4) is 0 Å². The van der Waals surface area contributed by atoms with Crippen LogP contribution in [0, 0.1) is 5.82 Å². The van der Waals surface area contributed by atoms with Crippen molar-refractivity contribution >= 4 is 29.1 Å². The van der Waals surface area contributed by atoms with Crippen LogP contribution in [0.25, 0.3) is 0 Å². The van der Waals surface area contributed by atoms with Crippen LogP contribution in [0.1, 0.15) is 17.3 Å². The Hall–Kier alpha value is -1.43. The maximum atomic E-state index is 13.7. The molecule has 1 atom stereocenters. The Balaban J connectivity index is 2.94. The fraction of sp³-hybridized carbons (Fsp3) is 0.417. The quantitative estimate of drug-likeness (QED) is 0.636. The smallest absolute Gasteiger partial charge is 0.340 e. The van der Waals surface area contributed by atoms with Gasteiger partial charge >= 0.3 is 5.97 Å². The summed E-state index contributed by atoms with van der Waals surface area (Å²) < 4.78 is 18.2. The predicted molar refractivity (Wildman–Crippen MR) is 73.6 cm³/mol. The highest BCUT2D eigenvalue weighted by Gasteiger charge is 2.14. The Kier molecular flexibility index (Phi) is 5.27. The lowest BCUT2D eigenvalue weighted by atomic mass is 10.1. The number of carbonyl (C=O) groups excluding carboxylic acids is 1. The van der Waals surface area contributed by atoms with E-state index < -0.39 is 11.8 Å². The van der Waals surface area contributed by atoms with E-state index in [2.05, 4.69) is 10.1 Å². The summed E-state index contributed by atoms with van der Waals surface area (Å²) in [4.78, 5) is 11.4. The molecule has 0 bridgehead atoms. The Morgan fingerprint density at radius 3 is 2.83 bits per heavy atom. The Bertz CT molecular complexity index is 440. The molecule has 100 valence electrons. The number of ether oxygens (including phenoxy) is 1. The number of methoxy groups -OCH3 is 1. The number of carbonyl (C=O) groups is 1. The molecule has 1 rings (SSSR count). The zero-order chi connectivity index (χ0) is 13.7. The Morgan fingerprint density at radius 2 is 2.28 bits per heavy atom. The molecule has 1 aromatic rings. The van der Waals surface area contributed by atoms with Crippen LogP contribution in [0.3, 0.4) is 0 Å². The highest BCUT2D eigenvalue weighted by atomic mass is 32.2. The zero-order valence-corrected chi connectivity index (χ0v) is 11.4. The molecular formula is C12H17FN2O2S. The van der Waals surface area contributed by atoms with E-state index in [1.807, 2.05) is 13.2 Å². The monoisotopic (exact) mass is 272 g/mol. The van der Waals surface area contributed by atoms with Crippen LogP contribution in [-0.2, 0) is 4.74 Å². The number of nitrogen functional groups attached to an aromatic ring is 1. The molecule has 18 heavy (non-hydrogen) atoms. The van der Waals surface area contributed by atoms with E-state index in [0.717, 1.165) is 6.07 Å². The van der Waals surface area contributed by atoms with E-state index in [1.54, 1.807) is 11.8 Å². The van der Waals surface area contributed by atoms with Gasteiger partial charge in [0.15, 0.2) is 0 Å². The van der Waals surface area contributed by atoms with Crippen molar-refractivity contribution in [1.82, 2.24) is 0 Å². The third-order valence-electron chi connectivity index (χ3n) is 2.53. The minimum Gasteiger partial charge on any atom is -0.465 e. The topological polar surface area (TPSA) is 64.3 Å². The molecule has 0 aromatic heterocycles. The molecule has 0 amide bonds. The van der Waals surface area contributed by atoms with Crippen molar-refractivity contribution in [3.63, 3.8) is 0 Å². The summed E-state index contributed by atoms with van der Waals surface area (Å²) in [6.07, 6.45) is 1.98. The predicted octanol–water partition coefficient (Wildman–Crippen LogP) is 2.36. The first-order chi connectivity index (χ1) is 8.49. The molecule has 1 aromatic carbocycles. The number of hydrogen-bond acceptors (Lipinski definition) is 5. The van der Waals surface area contributed by atoms with Gasteiger partial charge in [-0.3, -0.25) is 0 Å². The molecule has 6 heteroatoms. The molecule has 0 radical (unpaired) electrons. The van der Waals surface area contributed by atoms with E-state index in [1.165, 1.54) is 13.2 Å². The number of nitrogens with two attached hydrogens (primary N) is 1. The number of benzene rings is 1. The van der Waals surface area contributed by atoms with Gasteiger partial charge in [0.05, 0.1) is 18.4 Å². The van der Waals surface area contributed by atoms with Gasteiger partial charge in [-0.15, -0.1) is 0 Å². The lowest BCUT2D eigenvalue weighted by molar-refractivity contribution is 0.0602. The fourth-order valence-corrected chi connectivity index (χ4v) is 1.60. The summed E-state index contributed by atoms with van der Waals surface area (Å²) in [6, 6.07) is 2.50. The summed E-state index contributed by atoms with van der Waals surface area (Å²) in [5.74, 6) is -1.05. The van der Waals surface area contributed by atoms with Crippen molar-refractivity contribution in [3.05, 3.63) is 23.5 Å². The van der Waals surface area contributed by atoms with Crippen molar-refractivity contribution in [2.24, 2.45) is 0 Å². The van der Waals surface area contributed by atoms with E-state index >= 15 is 0 Å². The third kappa shape index (κ3) is 3.53. The van der Waals surface area contributed by atoms with Crippen LogP contribution in [-0.4, -0.2) is 31.1 Å². The molecule has 0 spiro atoms. The molecule has 0 saturated heterocycles. The van der Waals surface area contributed by atoms with Gasteiger partial charge in [0, 0.05) is 17.5 Å². The molecule has 4 nitrogen and oxygen atoms in total. The van der Waals surface area contributed by atoms with Crippen LogP contribution < -0.4 is 11.1 Å². The number of thioether (sulfide) groups is 1. The summed E-state index contributed by atoms with van der Waals surface area (Å²) in [6.45, 7) is 2.62. The molecule has 0 aliphatic rings. The molecule has 0 saturated carbocycles. The van der Waals surface area contributed by atoms with Gasteiger partial charge in [0.2, 0.25) is 0 Å². The Labute approximate surface area is 110 Å². The molecule has 3 N–H and O–H groups in total. The maximum Gasteiger partial charge on any atom is 0.340 e. The van der Waals surface area contributed by atoms with Crippen molar-refractivity contribution < 1.29 is 13.9 Å². The summed E-state index contributed by atoms with van der Waals surface area (Å²) in [7, 11) is 1.26. The molecule has 0 fully saturated rings. The van der Waals surface area contributed by atoms with E-state index in [-0.39, 0.29) is 16.9 Å². The second-order valence-electron chi connectivity index (χ2n) is 3.84. The van der Waals surface area contributed by atoms with E-state index in [9.17, 15) is 9.18 Å². The molecule has 1 unspecified atom stereocenters. The third-order valence-corrected chi connectivity index (χ3v) is 3.50. The second kappa shape index (κ2) is 6.49. The van der Waals surface area contributed by atoms with Crippen molar-refractivity contribution in [2.75, 3.05) is 31.0 Å². The van der Waals surface area contributed by atoms with Gasteiger partial charge in [-0.05, 0) is 18.4 Å². The van der Waals surface area contributed by atoms with Gasteiger partial charge in [0.25, 0.3) is 0 Å². The minimum atomic E-state index is -0.575. The first kappa shape index (κ1) is 14.6. The van der Waals surface area contributed by atoms with E-state index in [4.69, 9.17) is 5.73 Å². The molecule has 0 aliphatic carbocycles. The van der Waals surface area contributed by atoms with Gasteiger partial charge in [0.1, 0.15) is 5.82 Å². The number of nitrogens with one attached hydrogen (secondary N) is 1. The first-order valence-corrected chi connectivity index (χ1v) is 6.72. The number of halogens is 1. The summed E-state index contributed by atoms with van der Waals surface area (Å²) in [5, 5.41) is 3.29. The average Bonchev–Trinajstić information content (AvgIpc) is 2.36. The minimum absolute atomic E-state index is 0.0721. The van der Waals surface area contributed by atoms with Crippen molar-refractivity contribution in [1.29, 1.82) is 0 Å². The molecule has 0 aliphatic heterocycles. The maximum absolute atomic E-state index is 13.7. The van der Waals surface area contributed by atoms with Crippen molar-refractivity contribution in [2.45, 2.75) is 12.2 Å². The van der Waals surface area contributed by atoms with Crippen LogP contribution in [0.2, 0.25) is 0 Å². The van der Waals surface area contributed by atoms with Gasteiger partial charge in [-0.25, -0.2) is 9.18 Å². The van der Waals surface area contributed by atoms with Gasteiger partial charge in [-0.2, -0.15) is 11.8 Å². The van der Waals surface area contributed by atoms with Crippen LogP contribution in [0.15, 0.2) is 12.1 Å². The van der Waals surface area contributed by atoms with Gasteiger partial charge < -0.3 is 15.8 Å². The Morgan fingerprint density at radius 1 is 1.61 bits per heavy atom. The lowest BCUT2D eigenvalue weighted by Gasteiger charge is -2.13.